The SMILES string of the molecule is C=CC(=O)N1CCN(c2nc(NCCC(=O)NCC[C@@H](C)[C@@H](O)[C@H]3C(=O)N[C@@H](CC)C(=O)N(C)CC(=O)N(C)[C@@H](CC(C)C)C(=O)NC(C(C)C)C(=O)N(C)[C@@H](CC(C)C)C(=O)NC(C)C(=O)N[C@H](C)C(=O)N(C)[C@@H](CC(C)C)C(=O)N(C)[C@@H](CC(C)C)C(=O)N(C)[C@@H](C(C)C)C(=O)N3C)nc3c4c(c(Cl)cc23)-c2c(F)cccc2OC4)CC1. The molecule has 6 rings (SSSR count). The highest BCUT2D eigenvalue weighted by Gasteiger charge is 2.46. The number of aliphatic hydroxyl groups is 1. The number of anilines is 2. The van der Waals surface area contributed by atoms with Crippen molar-refractivity contribution in [3.05, 3.63) is 53.3 Å². The van der Waals surface area contributed by atoms with Crippen LogP contribution in [0, 0.1) is 47.2 Å². The van der Waals surface area contributed by atoms with E-state index in [1.807, 2.05) is 60.3 Å². The molecule has 0 bridgehead atoms. The van der Waals surface area contributed by atoms with Gasteiger partial charge in [0.2, 0.25) is 82.7 Å². The van der Waals surface area contributed by atoms with Gasteiger partial charge in [0.15, 0.2) is 0 Å². The molecular formula is C85H131ClFN17O15. The molecule has 0 radical (unpaired) electrons. The summed E-state index contributed by atoms with van der Waals surface area (Å²) in [4.78, 5) is 212. The van der Waals surface area contributed by atoms with E-state index in [1.165, 1.54) is 99.8 Å². The molecule has 2 fully saturated rings. The molecular weight excluding hydrogens is 1550 g/mol. The largest absolute Gasteiger partial charge is 0.488 e. The van der Waals surface area contributed by atoms with Crippen molar-refractivity contribution in [1.29, 1.82) is 0 Å². The second-order valence-corrected chi connectivity index (χ2v) is 34.9. The minimum Gasteiger partial charge on any atom is -0.488 e. The zero-order valence-electron chi connectivity index (χ0n) is 73.9. The van der Waals surface area contributed by atoms with Gasteiger partial charge in [-0.2, -0.15) is 4.98 Å². The van der Waals surface area contributed by atoms with Crippen LogP contribution in [0.1, 0.15) is 161 Å². The minimum absolute atomic E-state index is 0.000216. The van der Waals surface area contributed by atoms with Gasteiger partial charge in [-0.3, -0.25) is 62.3 Å². The van der Waals surface area contributed by atoms with Gasteiger partial charge in [-0.15, -0.1) is 0 Å². The number of carbonyl (C=O) groups is 13. The highest BCUT2D eigenvalue weighted by molar-refractivity contribution is 6.35. The Kier molecular flexibility index (Phi) is 35.8. The standard InChI is InChI=1S/C85H131ClFN17O15/c1-25-58-80(114)96(18)43-66(107)97(19)59(38-45(3)4)77(111)93-69(49(11)12)83(117)98(20)60(39-46(5)6)76(110)90-52(16)75(109)91-53(17)79(113)99(21)61(40-47(7)8)81(115)100(22)62(41-48(9)10)82(116)101(23)71(50(13)14)84(118)102(24)72(78(112)92-58)73(108)51(15)30-32-88-64(105)31-33-89-85-94-70-54(74(95-85)104-36-34-103(35-37-104)65(106)26-2)42-56(86)67-55(70)44-119-63-29-27-28-57(87)68(63)67/h26-29,42,45-53,58-62,69,71-73,108H,2,25,30-41,43-44H2,1,3-24H3,(H,88,105)(H,90,110)(H,91,109)(H,92,112)(H,93,111)(H,89,94,95)/t51-,52?,53-,58+,59+,60+,61+,62+,69?,71+,72+,73-/m1/s1. The summed E-state index contributed by atoms with van der Waals surface area (Å²) in [5.74, 6) is -11.4. The number of carbonyl (C=O) groups excluding carboxylic acids is 13. The van der Waals surface area contributed by atoms with E-state index in [9.17, 15) is 48.3 Å². The summed E-state index contributed by atoms with van der Waals surface area (Å²) in [5, 5.41) is 30.6. The first-order valence-electron chi connectivity index (χ1n) is 41.6. The van der Waals surface area contributed by atoms with E-state index in [0.29, 0.717) is 59.8 Å². The van der Waals surface area contributed by atoms with Crippen LogP contribution in [0.25, 0.3) is 22.0 Å². The van der Waals surface area contributed by atoms with Crippen LogP contribution in [0.15, 0.2) is 36.9 Å². The van der Waals surface area contributed by atoms with Crippen LogP contribution in [-0.2, 0) is 68.9 Å². The van der Waals surface area contributed by atoms with E-state index >= 15 is 23.6 Å². The summed E-state index contributed by atoms with van der Waals surface area (Å²) in [6.45, 7) is 32.0. The predicted molar refractivity (Wildman–Crippen MR) is 453 cm³/mol. The number of rotatable bonds is 22. The molecule has 34 heteroatoms. The van der Waals surface area contributed by atoms with Crippen molar-refractivity contribution in [3.8, 4) is 16.9 Å². The first kappa shape index (κ1) is 98.0. The van der Waals surface area contributed by atoms with Crippen molar-refractivity contribution in [1.82, 2.24) is 75.8 Å². The lowest BCUT2D eigenvalue weighted by atomic mass is 9.91. The number of halogens is 2. The van der Waals surface area contributed by atoms with Crippen molar-refractivity contribution in [2.75, 3.05) is 105 Å². The van der Waals surface area contributed by atoms with Gasteiger partial charge in [0, 0.05) is 117 Å². The maximum atomic E-state index is 15.7. The molecule has 3 aliphatic rings. The number of hydrogen-bond donors (Lipinski definition) is 7. The van der Waals surface area contributed by atoms with Crippen LogP contribution < -0.4 is 41.5 Å². The lowest BCUT2D eigenvalue weighted by Gasteiger charge is -2.41. The Balaban J connectivity index is 1.35. The lowest BCUT2D eigenvalue weighted by molar-refractivity contribution is -0.157. The lowest BCUT2D eigenvalue weighted by Crippen LogP contribution is -2.63. The summed E-state index contributed by atoms with van der Waals surface area (Å²) in [6, 6.07) is -7.05. The second-order valence-electron chi connectivity index (χ2n) is 34.5. The number of benzene rings is 2. The monoisotopic (exact) mass is 1680 g/mol. The Bertz CT molecular complexity index is 4180. The smallest absolute Gasteiger partial charge is 0.246 e. The van der Waals surface area contributed by atoms with E-state index in [0.717, 1.165) is 9.80 Å². The number of amides is 13. The fourth-order valence-corrected chi connectivity index (χ4v) is 15.8. The van der Waals surface area contributed by atoms with Crippen molar-refractivity contribution in [2.24, 2.45) is 41.4 Å². The summed E-state index contributed by atoms with van der Waals surface area (Å²) in [5.41, 5.74) is 1.54. The van der Waals surface area contributed by atoms with Crippen molar-refractivity contribution >= 4 is 111 Å². The summed E-state index contributed by atoms with van der Waals surface area (Å²) < 4.78 is 21.7. The highest BCUT2D eigenvalue weighted by Crippen LogP contribution is 2.47. The molecule has 0 aliphatic carbocycles. The van der Waals surface area contributed by atoms with Crippen LogP contribution in [0.4, 0.5) is 16.2 Å². The fraction of sp³-hybridized carbons (Fsp3) is 0.659. The number of nitrogens with zero attached hydrogens (tertiary/aromatic N) is 11. The molecule has 13 amide bonds. The van der Waals surface area contributed by atoms with Gasteiger partial charge in [0.05, 0.1) is 23.7 Å². The number of likely N-dealkylation sites (N-methyl/N-ethyl adjacent to an activating group) is 7. The summed E-state index contributed by atoms with van der Waals surface area (Å²) in [6.07, 6.45) is -0.293. The van der Waals surface area contributed by atoms with Gasteiger partial charge < -0.3 is 85.8 Å². The molecule has 1 aromatic heterocycles. The fourth-order valence-electron chi connectivity index (χ4n) is 15.5. The van der Waals surface area contributed by atoms with Gasteiger partial charge in [-0.25, -0.2) is 9.37 Å². The van der Waals surface area contributed by atoms with Gasteiger partial charge in [-0.05, 0) is 118 Å². The molecule has 3 aliphatic heterocycles. The topological polar surface area (TPSA) is 378 Å². The molecule has 0 spiro atoms. The van der Waals surface area contributed by atoms with Gasteiger partial charge in [-0.1, -0.05) is 121 Å². The van der Waals surface area contributed by atoms with E-state index < -0.39 is 168 Å². The molecule has 2 aromatic carbocycles. The molecule has 2 saturated heterocycles. The van der Waals surface area contributed by atoms with Crippen LogP contribution in [-0.4, -0.2) is 293 Å². The third kappa shape index (κ3) is 24.5. The number of piperazine rings is 1. The Morgan fingerprint density at radius 3 is 1.70 bits per heavy atom. The molecule has 2 unspecified atom stereocenters. The van der Waals surface area contributed by atoms with Crippen LogP contribution in [0.5, 0.6) is 5.75 Å². The Hall–Kier alpha value is -9.79. The third-order valence-electron chi connectivity index (χ3n) is 22.6. The van der Waals surface area contributed by atoms with Gasteiger partial charge >= 0.3 is 0 Å². The highest BCUT2D eigenvalue weighted by atomic mass is 35.5. The first-order valence-corrected chi connectivity index (χ1v) is 41.9. The average molecular weight is 1690 g/mol. The Morgan fingerprint density at radius 2 is 1.14 bits per heavy atom. The number of ether oxygens (including phenoxy) is 1. The Labute approximate surface area is 705 Å². The number of nitrogens with one attached hydrogen (secondary N) is 6. The predicted octanol–water partition coefficient (Wildman–Crippen LogP) is 5.44. The van der Waals surface area contributed by atoms with Crippen LogP contribution in [0.2, 0.25) is 5.02 Å². The Morgan fingerprint density at radius 1 is 0.613 bits per heavy atom. The number of fused-ring (bicyclic) bond motifs is 5. The van der Waals surface area contributed by atoms with E-state index in [2.05, 4.69) is 38.5 Å². The van der Waals surface area contributed by atoms with Crippen LogP contribution >= 0.6 is 11.6 Å². The maximum absolute atomic E-state index is 15.7. The number of hydrogen-bond acceptors (Lipinski definition) is 19. The first-order chi connectivity index (χ1) is 55.7. The average Bonchev–Trinajstić information content (AvgIpc) is 0.732. The minimum atomic E-state index is -1.82. The summed E-state index contributed by atoms with van der Waals surface area (Å²) >= 11 is 7.01. The molecule has 660 valence electrons. The van der Waals surface area contributed by atoms with Crippen molar-refractivity contribution in [3.63, 3.8) is 0 Å². The summed E-state index contributed by atoms with van der Waals surface area (Å²) in [7, 11) is 9.66. The molecule has 7 N–H and O–H groups in total. The molecule has 12 atom stereocenters. The molecule has 4 heterocycles. The van der Waals surface area contributed by atoms with E-state index in [-0.39, 0.29) is 111 Å². The zero-order chi connectivity index (χ0) is 89.4. The molecule has 119 heavy (non-hydrogen) atoms. The zero-order valence-corrected chi connectivity index (χ0v) is 74.7. The maximum Gasteiger partial charge on any atom is 0.246 e. The van der Waals surface area contributed by atoms with Gasteiger partial charge in [0.25, 0.3) is 0 Å². The quantitative estimate of drug-likeness (QED) is 0.0616. The molecule has 32 nitrogen and oxygen atoms in total. The van der Waals surface area contributed by atoms with Crippen LogP contribution in [0.3, 0.4) is 0 Å². The second kappa shape index (κ2) is 43.4. The van der Waals surface area contributed by atoms with E-state index in [4.69, 9.17) is 26.3 Å². The number of aliphatic hydroxyl groups excluding tert-OH is 1. The normalized spacial score (nSPS) is 23.5. The number of aromatic nitrogens is 2. The van der Waals surface area contributed by atoms with E-state index in [1.54, 1.807) is 64.6 Å². The van der Waals surface area contributed by atoms with Crippen molar-refractivity contribution in [2.45, 2.75) is 229 Å². The van der Waals surface area contributed by atoms with Crippen molar-refractivity contribution < 1.29 is 76.6 Å². The third-order valence-corrected chi connectivity index (χ3v) is 22.9. The van der Waals surface area contributed by atoms with Gasteiger partial charge in [0.1, 0.15) is 84.4 Å². The molecule has 0 saturated carbocycles. The molecule has 3 aromatic rings.